The number of rotatable bonds is 3. The molecule has 0 saturated carbocycles. The molecule has 0 fully saturated rings. The number of carbonyl (C=O) groups is 1. The summed E-state index contributed by atoms with van der Waals surface area (Å²) < 4.78 is 34.4. The molecule has 2 rings (SSSR count). The topological polar surface area (TPSA) is 76.0 Å². The normalized spacial score (nSPS) is 17.3. The molecule has 0 aliphatic carbocycles. The Morgan fingerprint density at radius 3 is 2.39 bits per heavy atom. The molecule has 23 heavy (non-hydrogen) atoms. The fraction of sp³-hybridized carbons (Fsp3) is 0.375. The largest absolute Gasteiger partial charge is 0.456 e. The van der Waals surface area contributed by atoms with Crippen LogP contribution in [0.15, 0.2) is 46.5 Å². The van der Waals surface area contributed by atoms with Crippen molar-refractivity contribution in [2.75, 3.05) is 0 Å². The van der Waals surface area contributed by atoms with Gasteiger partial charge in [0.2, 0.25) is 0 Å². The molecular formula is C16H20N2O4S. The molecule has 0 saturated heterocycles. The standard InChI is InChI=1S/C16H20N2O4S/c1-12-14(15(19)22-16(2,3)4)11-18(23(20,21)17-12)10-13-8-6-5-7-9-13/h5-9,11H,10H2,1-4H3. The van der Waals surface area contributed by atoms with Gasteiger partial charge in [-0.05, 0) is 33.3 Å². The van der Waals surface area contributed by atoms with Gasteiger partial charge in [-0.15, -0.1) is 4.40 Å². The van der Waals surface area contributed by atoms with Crippen molar-refractivity contribution < 1.29 is 17.9 Å². The van der Waals surface area contributed by atoms with E-state index < -0.39 is 21.8 Å². The Balaban J connectivity index is 2.32. The van der Waals surface area contributed by atoms with Crippen molar-refractivity contribution in [3.05, 3.63) is 47.7 Å². The van der Waals surface area contributed by atoms with Crippen molar-refractivity contribution in [3.63, 3.8) is 0 Å². The molecule has 0 spiro atoms. The van der Waals surface area contributed by atoms with E-state index in [1.54, 1.807) is 20.8 Å². The molecule has 0 amide bonds. The Labute approximate surface area is 136 Å². The van der Waals surface area contributed by atoms with Crippen LogP contribution < -0.4 is 0 Å². The molecule has 1 aliphatic heterocycles. The van der Waals surface area contributed by atoms with Crippen LogP contribution in [0, 0.1) is 0 Å². The van der Waals surface area contributed by atoms with Crippen LogP contribution in [-0.4, -0.2) is 30.0 Å². The second-order valence-electron chi connectivity index (χ2n) is 6.23. The highest BCUT2D eigenvalue weighted by molar-refractivity contribution is 7.88. The fourth-order valence-corrected chi connectivity index (χ4v) is 3.10. The molecule has 1 aromatic carbocycles. The van der Waals surface area contributed by atoms with Gasteiger partial charge in [0.25, 0.3) is 0 Å². The van der Waals surface area contributed by atoms with Crippen molar-refractivity contribution in [3.8, 4) is 0 Å². The number of esters is 1. The van der Waals surface area contributed by atoms with E-state index in [1.165, 1.54) is 13.1 Å². The lowest BCUT2D eigenvalue weighted by Gasteiger charge is -2.25. The lowest BCUT2D eigenvalue weighted by molar-refractivity contribution is -0.149. The van der Waals surface area contributed by atoms with Gasteiger partial charge in [-0.25, -0.2) is 4.79 Å². The Morgan fingerprint density at radius 2 is 1.83 bits per heavy atom. The predicted molar refractivity (Wildman–Crippen MR) is 87.9 cm³/mol. The predicted octanol–water partition coefficient (Wildman–Crippen LogP) is 2.43. The maximum absolute atomic E-state index is 12.2. The van der Waals surface area contributed by atoms with Crippen LogP contribution in [-0.2, 0) is 26.3 Å². The van der Waals surface area contributed by atoms with Gasteiger partial charge >= 0.3 is 16.2 Å². The second-order valence-corrected chi connectivity index (χ2v) is 7.78. The molecule has 0 aromatic heterocycles. The van der Waals surface area contributed by atoms with Crippen LogP contribution in [0.2, 0.25) is 0 Å². The molecule has 0 N–H and O–H groups in total. The SMILES string of the molecule is CC1=NS(=O)(=O)N(Cc2ccccc2)C=C1C(=O)OC(C)(C)C. The summed E-state index contributed by atoms with van der Waals surface area (Å²) in [5, 5.41) is 0. The van der Waals surface area contributed by atoms with Crippen molar-refractivity contribution in [1.82, 2.24) is 4.31 Å². The summed E-state index contributed by atoms with van der Waals surface area (Å²) in [6.45, 7) is 6.83. The van der Waals surface area contributed by atoms with Crippen molar-refractivity contribution >= 4 is 21.9 Å². The summed E-state index contributed by atoms with van der Waals surface area (Å²) >= 11 is 0. The molecule has 1 aromatic rings. The molecule has 7 heteroatoms. The van der Waals surface area contributed by atoms with E-state index in [0.717, 1.165) is 9.87 Å². The molecule has 0 radical (unpaired) electrons. The minimum absolute atomic E-state index is 0.103. The minimum Gasteiger partial charge on any atom is -0.456 e. The Hall–Kier alpha value is -2.15. The molecule has 1 heterocycles. The third kappa shape index (κ3) is 4.41. The minimum atomic E-state index is -3.84. The van der Waals surface area contributed by atoms with Gasteiger partial charge in [-0.2, -0.15) is 8.42 Å². The van der Waals surface area contributed by atoms with E-state index in [0.29, 0.717) is 0 Å². The summed E-state index contributed by atoms with van der Waals surface area (Å²) in [5.74, 6) is -0.591. The van der Waals surface area contributed by atoms with Crippen molar-refractivity contribution in [1.29, 1.82) is 0 Å². The van der Waals surface area contributed by atoms with Crippen LogP contribution in [0.3, 0.4) is 0 Å². The van der Waals surface area contributed by atoms with Crippen LogP contribution in [0.1, 0.15) is 33.3 Å². The van der Waals surface area contributed by atoms with E-state index in [2.05, 4.69) is 4.40 Å². The summed E-state index contributed by atoms with van der Waals surface area (Å²) in [6.07, 6.45) is 1.29. The molecule has 0 atom stereocenters. The third-order valence-electron chi connectivity index (χ3n) is 3.01. The maximum atomic E-state index is 12.2. The average molecular weight is 336 g/mol. The number of nitrogens with zero attached hydrogens (tertiary/aromatic N) is 2. The zero-order valence-corrected chi connectivity index (χ0v) is 14.4. The quantitative estimate of drug-likeness (QED) is 0.795. The van der Waals surface area contributed by atoms with Gasteiger partial charge < -0.3 is 4.74 Å². The first kappa shape index (κ1) is 17.2. The number of benzene rings is 1. The third-order valence-corrected chi connectivity index (χ3v) is 4.34. The number of carbonyl (C=O) groups excluding carboxylic acids is 1. The molecular weight excluding hydrogens is 316 g/mol. The fourth-order valence-electron chi connectivity index (χ4n) is 2.00. The summed E-state index contributed by atoms with van der Waals surface area (Å²) in [6, 6.07) is 9.10. The Morgan fingerprint density at radius 1 is 1.22 bits per heavy atom. The average Bonchev–Trinajstić information content (AvgIpc) is 2.40. The number of ether oxygens (including phenoxy) is 1. The van der Waals surface area contributed by atoms with Crippen molar-refractivity contribution in [2.24, 2.45) is 4.40 Å². The highest BCUT2D eigenvalue weighted by Gasteiger charge is 2.30. The Bertz CT molecular complexity index is 759. The number of hydrogen-bond donors (Lipinski definition) is 0. The lowest BCUT2D eigenvalue weighted by atomic mass is 10.1. The number of hydrogen-bond acceptors (Lipinski definition) is 4. The Kier molecular flexibility index (Phi) is 4.61. The molecule has 0 unspecified atom stereocenters. The highest BCUT2D eigenvalue weighted by Crippen LogP contribution is 2.21. The van der Waals surface area contributed by atoms with E-state index in [1.807, 2.05) is 30.3 Å². The van der Waals surface area contributed by atoms with Crippen LogP contribution in [0.5, 0.6) is 0 Å². The highest BCUT2D eigenvalue weighted by atomic mass is 32.2. The zero-order chi connectivity index (χ0) is 17.3. The van der Waals surface area contributed by atoms with Gasteiger partial charge in [0.15, 0.2) is 0 Å². The van der Waals surface area contributed by atoms with E-state index >= 15 is 0 Å². The van der Waals surface area contributed by atoms with Gasteiger partial charge in [0.05, 0.1) is 17.8 Å². The first-order valence-corrected chi connectivity index (χ1v) is 8.56. The van der Waals surface area contributed by atoms with Crippen LogP contribution in [0.25, 0.3) is 0 Å². The van der Waals surface area contributed by atoms with E-state index in [4.69, 9.17) is 4.74 Å². The first-order chi connectivity index (χ1) is 10.6. The molecule has 6 nitrogen and oxygen atoms in total. The second kappa shape index (κ2) is 6.16. The zero-order valence-electron chi connectivity index (χ0n) is 13.6. The van der Waals surface area contributed by atoms with Gasteiger partial charge in [0.1, 0.15) is 5.60 Å². The van der Waals surface area contributed by atoms with E-state index in [-0.39, 0.29) is 17.8 Å². The van der Waals surface area contributed by atoms with E-state index in [9.17, 15) is 13.2 Å². The van der Waals surface area contributed by atoms with Crippen LogP contribution >= 0.6 is 0 Å². The van der Waals surface area contributed by atoms with Crippen molar-refractivity contribution in [2.45, 2.75) is 39.8 Å². The summed E-state index contributed by atoms with van der Waals surface area (Å²) in [5.41, 5.74) is 0.401. The monoisotopic (exact) mass is 336 g/mol. The van der Waals surface area contributed by atoms with Gasteiger partial charge in [-0.3, -0.25) is 4.31 Å². The van der Waals surface area contributed by atoms with Gasteiger partial charge in [-0.1, -0.05) is 30.3 Å². The first-order valence-electron chi connectivity index (χ1n) is 7.16. The van der Waals surface area contributed by atoms with Crippen LogP contribution in [0.4, 0.5) is 0 Å². The van der Waals surface area contributed by atoms with Gasteiger partial charge in [0, 0.05) is 6.20 Å². The summed E-state index contributed by atoms with van der Waals surface area (Å²) in [7, 11) is -3.84. The maximum Gasteiger partial charge on any atom is 0.344 e. The molecule has 124 valence electrons. The molecule has 0 bridgehead atoms. The molecule has 1 aliphatic rings. The lowest BCUT2D eigenvalue weighted by Crippen LogP contribution is -2.33. The smallest absolute Gasteiger partial charge is 0.344 e. The summed E-state index contributed by atoms with van der Waals surface area (Å²) in [4.78, 5) is 12.2.